The smallest absolute Gasteiger partial charge is 0.255 e. The second-order valence-corrected chi connectivity index (χ2v) is 6.80. The Kier molecular flexibility index (Phi) is 6.44. The van der Waals surface area contributed by atoms with E-state index < -0.39 is 5.91 Å². The van der Waals surface area contributed by atoms with Crippen LogP contribution in [0.3, 0.4) is 0 Å². The number of carbonyl (C=O) groups excluding carboxylic acids is 2. The van der Waals surface area contributed by atoms with Crippen LogP contribution in [-0.4, -0.2) is 35.9 Å². The lowest BCUT2D eigenvalue weighted by Gasteiger charge is -2.21. The number of nitrogens with one attached hydrogen (secondary N) is 1. The summed E-state index contributed by atoms with van der Waals surface area (Å²) >= 11 is 0. The second-order valence-electron chi connectivity index (χ2n) is 6.80. The van der Waals surface area contributed by atoms with Crippen molar-refractivity contribution >= 4 is 11.8 Å². The van der Waals surface area contributed by atoms with Crippen molar-refractivity contribution in [2.45, 2.75) is 32.0 Å². The molecule has 0 saturated heterocycles. The van der Waals surface area contributed by atoms with Gasteiger partial charge in [0, 0.05) is 19.1 Å². The number of primary amides is 1. The second kappa shape index (κ2) is 9.19. The topological polar surface area (TPSA) is 84.7 Å². The first-order chi connectivity index (χ1) is 13.1. The van der Waals surface area contributed by atoms with Crippen molar-refractivity contribution in [3.05, 3.63) is 65.7 Å². The molecule has 0 bridgehead atoms. The molecule has 2 aromatic rings. The Labute approximate surface area is 159 Å². The summed E-state index contributed by atoms with van der Waals surface area (Å²) in [5.41, 5.74) is 7.24. The highest BCUT2D eigenvalue weighted by Gasteiger charge is 2.30. The van der Waals surface area contributed by atoms with Crippen molar-refractivity contribution in [2.24, 2.45) is 5.73 Å². The predicted molar refractivity (Wildman–Crippen MR) is 103 cm³/mol. The summed E-state index contributed by atoms with van der Waals surface area (Å²) in [5.74, 6) is 0.0839. The molecule has 1 aliphatic carbocycles. The van der Waals surface area contributed by atoms with Gasteiger partial charge in [-0.1, -0.05) is 42.5 Å². The lowest BCUT2D eigenvalue weighted by Crippen LogP contribution is -2.37. The van der Waals surface area contributed by atoms with E-state index in [1.165, 1.54) is 5.56 Å². The molecule has 6 heteroatoms. The van der Waals surface area contributed by atoms with E-state index in [1.54, 1.807) is 12.1 Å². The Balaban J connectivity index is 1.46. The molecule has 0 spiro atoms. The lowest BCUT2D eigenvalue weighted by atomic mass is 10.2. The van der Waals surface area contributed by atoms with Gasteiger partial charge in [-0.3, -0.25) is 14.5 Å². The zero-order valence-corrected chi connectivity index (χ0v) is 15.3. The number of hydrogen-bond acceptors (Lipinski definition) is 4. The molecule has 27 heavy (non-hydrogen) atoms. The quantitative estimate of drug-likeness (QED) is 0.671. The molecule has 0 aromatic heterocycles. The summed E-state index contributed by atoms with van der Waals surface area (Å²) in [7, 11) is 0. The molecule has 6 nitrogen and oxygen atoms in total. The van der Waals surface area contributed by atoms with E-state index in [4.69, 9.17) is 10.5 Å². The summed E-state index contributed by atoms with van der Waals surface area (Å²) in [5, 5.41) is 2.97. The highest BCUT2D eigenvalue weighted by Crippen LogP contribution is 2.28. The van der Waals surface area contributed by atoms with Crippen LogP contribution in [0.4, 0.5) is 0 Å². The third-order valence-corrected chi connectivity index (χ3v) is 4.43. The number of amides is 2. The van der Waals surface area contributed by atoms with Crippen LogP contribution in [0, 0.1) is 0 Å². The van der Waals surface area contributed by atoms with E-state index in [2.05, 4.69) is 22.3 Å². The molecular weight excluding hydrogens is 342 g/mol. The minimum absolute atomic E-state index is 0.0203. The van der Waals surface area contributed by atoms with Gasteiger partial charge in [0.1, 0.15) is 5.75 Å². The Morgan fingerprint density at radius 2 is 1.74 bits per heavy atom. The number of hydrogen-bond donors (Lipinski definition) is 2. The molecule has 3 N–H and O–H groups in total. The normalized spacial score (nSPS) is 13.4. The van der Waals surface area contributed by atoms with Crippen LogP contribution in [-0.2, 0) is 22.7 Å². The fraction of sp³-hybridized carbons (Fsp3) is 0.333. The van der Waals surface area contributed by atoms with Crippen LogP contribution >= 0.6 is 0 Å². The van der Waals surface area contributed by atoms with Gasteiger partial charge in [0.25, 0.3) is 5.91 Å². The molecule has 2 aromatic carbocycles. The highest BCUT2D eigenvalue weighted by molar-refractivity contribution is 5.78. The molecule has 1 fully saturated rings. The number of nitrogens with zero attached hydrogens (tertiary/aromatic N) is 1. The molecule has 3 rings (SSSR count). The van der Waals surface area contributed by atoms with Gasteiger partial charge in [0.05, 0.1) is 6.54 Å². The van der Waals surface area contributed by atoms with Crippen molar-refractivity contribution in [3.63, 3.8) is 0 Å². The van der Waals surface area contributed by atoms with Crippen molar-refractivity contribution in [2.75, 3.05) is 13.2 Å². The first-order valence-corrected chi connectivity index (χ1v) is 9.15. The number of benzene rings is 2. The minimum atomic E-state index is -0.512. The van der Waals surface area contributed by atoms with Crippen LogP contribution in [0.2, 0.25) is 0 Å². The molecule has 1 aliphatic rings. The fourth-order valence-corrected chi connectivity index (χ4v) is 2.87. The minimum Gasteiger partial charge on any atom is -0.484 e. The Hall–Kier alpha value is -2.86. The number of nitrogens with two attached hydrogens (primary N) is 1. The van der Waals surface area contributed by atoms with E-state index in [9.17, 15) is 9.59 Å². The van der Waals surface area contributed by atoms with E-state index in [0.29, 0.717) is 24.9 Å². The Bertz CT molecular complexity index is 758. The van der Waals surface area contributed by atoms with Gasteiger partial charge in [-0.15, -0.1) is 0 Å². The summed E-state index contributed by atoms with van der Waals surface area (Å²) in [6, 6.07) is 18.0. The maximum Gasteiger partial charge on any atom is 0.255 e. The van der Waals surface area contributed by atoms with Crippen LogP contribution in [0.1, 0.15) is 24.0 Å². The van der Waals surface area contributed by atoms with Crippen molar-refractivity contribution < 1.29 is 14.3 Å². The summed E-state index contributed by atoms with van der Waals surface area (Å²) in [6.07, 6.45) is 2.32. The maximum atomic E-state index is 12.4. The largest absolute Gasteiger partial charge is 0.484 e. The molecule has 1 saturated carbocycles. The van der Waals surface area contributed by atoms with Gasteiger partial charge < -0.3 is 15.8 Å². The zero-order chi connectivity index (χ0) is 19.1. The molecule has 0 atom stereocenters. The van der Waals surface area contributed by atoms with E-state index in [1.807, 2.05) is 30.3 Å². The average Bonchev–Trinajstić information content (AvgIpc) is 3.51. The van der Waals surface area contributed by atoms with E-state index in [0.717, 1.165) is 24.9 Å². The molecule has 0 unspecified atom stereocenters. The van der Waals surface area contributed by atoms with Gasteiger partial charge in [0.2, 0.25) is 5.91 Å². The first-order valence-electron chi connectivity index (χ1n) is 9.15. The SMILES string of the molecule is NC(=O)COc1ccc(CNC(=O)CN(Cc2ccccc2)C2CC2)cc1. The number of carbonyl (C=O) groups is 2. The van der Waals surface area contributed by atoms with Gasteiger partial charge in [0.15, 0.2) is 6.61 Å². The number of ether oxygens (including phenoxy) is 1. The van der Waals surface area contributed by atoms with Crippen LogP contribution < -0.4 is 15.8 Å². The van der Waals surface area contributed by atoms with E-state index in [-0.39, 0.29) is 12.5 Å². The van der Waals surface area contributed by atoms with Crippen LogP contribution in [0.15, 0.2) is 54.6 Å². The van der Waals surface area contributed by atoms with Gasteiger partial charge >= 0.3 is 0 Å². The van der Waals surface area contributed by atoms with Crippen molar-refractivity contribution in [1.29, 1.82) is 0 Å². The Morgan fingerprint density at radius 1 is 1.04 bits per heavy atom. The van der Waals surface area contributed by atoms with Crippen LogP contribution in [0.5, 0.6) is 5.75 Å². The third kappa shape index (κ3) is 6.42. The van der Waals surface area contributed by atoms with Crippen molar-refractivity contribution in [1.82, 2.24) is 10.2 Å². The molecule has 142 valence electrons. The maximum absolute atomic E-state index is 12.4. The van der Waals surface area contributed by atoms with Crippen molar-refractivity contribution in [3.8, 4) is 5.75 Å². The van der Waals surface area contributed by atoms with Gasteiger partial charge in [-0.25, -0.2) is 0 Å². The fourth-order valence-electron chi connectivity index (χ4n) is 2.87. The lowest BCUT2D eigenvalue weighted by molar-refractivity contribution is -0.122. The van der Waals surface area contributed by atoms with Gasteiger partial charge in [-0.05, 0) is 36.1 Å². The standard InChI is InChI=1S/C21H25N3O3/c22-20(25)15-27-19-10-6-16(7-11-19)12-23-21(26)14-24(18-8-9-18)13-17-4-2-1-3-5-17/h1-7,10-11,18H,8-9,12-15H2,(H2,22,25)(H,23,26). The average molecular weight is 367 g/mol. The Morgan fingerprint density at radius 3 is 2.37 bits per heavy atom. The third-order valence-electron chi connectivity index (χ3n) is 4.43. The summed E-state index contributed by atoms with van der Waals surface area (Å²) < 4.78 is 5.22. The number of rotatable bonds is 10. The summed E-state index contributed by atoms with van der Waals surface area (Å²) in [4.78, 5) is 25.3. The predicted octanol–water partition coefficient (Wildman–Crippen LogP) is 1.83. The van der Waals surface area contributed by atoms with E-state index >= 15 is 0 Å². The zero-order valence-electron chi connectivity index (χ0n) is 15.3. The molecule has 0 aliphatic heterocycles. The summed E-state index contributed by atoms with van der Waals surface area (Å²) in [6.45, 7) is 1.51. The molecular formula is C21H25N3O3. The first kappa shape index (κ1) is 18.9. The van der Waals surface area contributed by atoms with Crippen LogP contribution in [0.25, 0.3) is 0 Å². The monoisotopic (exact) mass is 367 g/mol. The highest BCUT2D eigenvalue weighted by atomic mass is 16.5. The molecule has 0 heterocycles. The van der Waals surface area contributed by atoms with Gasteiger partial charge in [-0.2, -0.15) is 0 Å². The molecule has 0 radical (unpaired) electrons. The molecule has 2 amide bonds.